The monoisotopic (exact) mass is 315 g/mol. The van der Waals surface area contributed by atoms with E-state index in [0.717, 1.165) is 0 Å². The molecule has 0 aliphatic heterocycles. The number of aromatic hydroxyl groups is 1. The Morgan fingerprint density at radius 2 is 1.55 bits per heavy atom. The molecule has 0 aromatic carbocycles. The lowest BCUT2D eigenvalue weighted by atomic mass is 10.3. The van der Waals surface area contributed by atoms with Gasteiger partial charge in [0.2, 0.25) is 5.43 Å². The molecule has 0 aliphatic carbocycles. The van der Waals surface area contributed by atoms with Gasteiger partial charge in [0.25, 0.3) is 0 Å². The molecule has 0 unspecified atom stereocenters. The Kier molecular flexibility index (Phi) is 9.49. The fourth-order valence-electron chi connectivity index (χ4n) is 1.75. The quantitative estimate of drug-likeness (QED) is 0.568. The topological polar surface area (TPSA) is 79.2 Å². The first-order chi connectivity index (χ1) is 10.7. The number of ether oxygens (including phenoxy) is 4. The highest BCUT2D eigenvalue weighted by Crippen LogP contribution is 2.08. The number of rotatable bonds is 12. The Morgan fingerprint density at radius 1 is 1.00 bits per heavy atom. The molecule has 1 heterocycles. The van der Waals surface area contributed by atoms with Gasteiger partial charge in [-0.25, -0.2) is 0 Å². The summed E-state index contributed by atoms with van der Waals surface area (Å²) in [4.78, 5) is 11.2. The van der Waals surface area contributed by atoms with Crippen LogP contribution in [0.25, 0.3) is 0 Å². The van der Waals surface area contributed by atoms with Crippen LogP contribution < -0.4 is 5.43 Å². The molecule has 7 nitrogen and oxygen atoms in total. The fourth-order valence-corrected chi connectivity index (χ4v) is 1.75. The Morgan fingerprint density at radius 3 is 2.14 bits per heavy atom. The number of hydrogen-bond donors (Lipinski definition) is 1. The molecule has 0 amide bonds. The van der Waals surface area contributed by atoms with Gasteiger partial charge in [-0.3, -0.25) is 4.79 Å². The summed E-state index contributed by atoms with van der Waals surface area (Å²) in [6.07, 6.45) is 1.65. The molecule has 0 aliphatic rings. The van der Waals surface area contributed by atoms with Crippen molar-refractivity contribution in [1.29, 1.82) is 0 Å². The maximum atomic E-state index is 11.2. The third-order valence-corrected chi connectivity index (χ3v) is 3.07. The third kappa shape index (κ3) is 7.04. The lowest BCUT2D eigenvalue weighted by Gasteiger charge is -2.11. The van der Waals surface area contributed by atoms with Crippen LogP contribution >= 0.6 is 0 Å². The van der Waals surface area contributed by atoms with Gasteiger partial charge in [-0.15, -0.1) is 0 Å². The maximum Gasteiger partial charge on any atom is 0.223 e. The molecule has 7 heteroatoms. The highest BCUT2D eigenvalue weighted by atomic mass is 16.6. The van der Waals surface area contributed by atoms with Crippen molar-refractivity contribution in [1.82, 2.24) is 4.57 Å². The van der Waals surface area contributed by atoms with Crippen LogP contribution in [0.2, 0.25) is 0 Å². The molecule has 22 heavy (non-hydrogen) atoms. The van der Waals surface area contributed by atoms with Crippen molar-refractivity contribution in [2.45, 2.75) is 13.5 Å². The molecule has 0 fully saturated rings. The summed E-state index contributed by atoms with van der Waals surface area (Å²) in [7, 11) is 1.63. The molecular formula is C15H25NO6. The van der Waals surface area contributed by atoms with Gasteiger partial charge in [0.05, 0.1) is 51.9 Å². The second-order valence-corrected chi connectivity index (χ2v) is 4.64. The van der Waals surface area contributed by atoms with Gasteiger partial charge in [-0.05, 0) is 6.92 Å². The summed E-state index contributed by atoms with van der Waals surface area (Å²) in [6.45, 7) is 5.97. The first kappa shape index (κ1) is 18.6. The van der Waals surface area contributed by atoms with E-state index < -0.39 is 0 Å². The number of aromatic nitrogens is 1. The van der Waals surface area contributed by atoms with E-state index in [-0.39, 0.29) is 11.2 Å². The van der Waals surface area contributed by atoms with Crippen LogP contribution in [-0.4, -0.2) is 63.0 Å². The van der Waals surface area contributed by atoms with Crippen molar-refractivity contribution in [3.8, 4) is 5.75 Å². The fraction of sp³-hybridized carbons (Fsp3) is 0.667. The van der Waals surface area contributed by atoms with Crippen LogP contribution in [0.15, 0.2) is 17.1 Å². The van der Waals surface area contributed by atoms with Crippen LogP contribution in [0.1, 0.15) is 5.69 Å². The molecule has 1 rings (SSSR count). The minimum atomic E-state index is -0.365. The molecule has 1 N–H and O–H groups in total. The van der Waals surface area contributed by atoms with E-state index in [2.05, 4.69) is 0 Å². The van der Waals surface area contributed by atoms with Crippen LogP contribution in [0.3, 0.4) is 0 Å². The van der Waals surface area contributed by atoms with E-state index in [1.54, 1.807) is 24.8 Å². The normalized spacial score (nSPS) is 11.0. The summed E-state index contributed by atoms with van der Waals surface area (Å²) in [5.74, 6) is -0.209. The van der Waals surface area contributed by atoms with Gasteiger partial charge in [0.1, 0.15) is 0 Å². The third-order valence-electron chi connectivity index (χ3n) is 3.07. The number of nitrogens with zero attached hydrogens (tertiary/aromatic N) is 1. The van der Waals surface area contributed by atoms with Crippen molar-refractivity contribution in [2.75, 3.05) is 53.4 Å². The van der Waals surface area contributed by atoms with Crippen LogP contribution in [-0.2, 0) is 25.5 Å². The molecular weight excluding hydrogens is 290 g/mol. The molecule has 0 saturated carbocycles. The summed E-state index contributed by atoms with van der Waals surface area (Å²) in [5, 5.41) is 9.55. The van der Waals surface area contributed by atoms with Crippen LogP contribution in [0, 0.1) is 6.92 Å². The average molecular weight is 315 g/mol. The van der Waals surface area contributed by atoms with Gasteiger partial charge in [0.15, 0.2) is 5.75 Å². The molecule has 0 radical (unpaired) electrons. The largest absolute Gasteiger partial charge is 0.503 e. The predicted molar refractivity (Wildman–Crippen MR) is 81.4 cm³/mol. The zero-order valence-electron chi connectivity index (χ0n) is 13.2. The van der Waals surface area contributed by atoms with Crippen molar-refractivity contribution in [3.05, 3.63) is 28.2 Å². The van der Waals surface area contributed by atoms with E-state index in [4.69, 9.17) is 18.9 Å². The number of hydrogen-bond acceptors (Lipinski definition) is 6. The Bertz CT molecular complexity index is 474. The highest BCUT2D eigenvalue weighted by Gasteiger charge is 2.04. The molecule has 0 bridgehead atoms. The van der Waals surface area contributed by atoms with E-state index in [1.807, 2.05) is 0 Å². The van der Waals surface area contributed by atoms with Crippen molar-refractivity contribution in [3.63, 3.8) is 0 Å². The van der Waals surface area contributed by atoms with Crippen molar-refractivity contribution < 1.29 is 24.1 Å². The first-order valence-corrected chi connectivity index (χ1v) is 7.28. The number of pyridine rings is 1. The van der Waals surface area contributed by atoms with E-state index >= 15 is 0 Å². The second-order valence-electron chi connectivity index (χ2n) is 4.64. The molecule has 126 valence electrons. The minimum Gasteiger partial charge on any atom is -0.503 e. The molecule has 1 aromatic rings. The zero-order chi connectivity index (χ0) is 16.2. The Balaban J connectivity index is 2.02. The van der Waals surface area contributed by atoms with Crippen LogP contribution in [0.4, 0.5) is 0 Å². The lowest BCUT2D eigenvalue weighted by molar-refractivity contribution is 0.00268. The van der Waals surface area contributed by atoms with Crippen molar-refractivity contribution >= 4 is 0 Å². The summed E-state index contributed by atoms with van der Waals surface area (Å²) < 4.78 is 22.7. The maximum absolute atomic E-state index is 11.2. The van der Waals surface area contributed by atoms with Gasteiger partial charge >= 0.3 is 0 Å². The minimum absolute atomic E-state index is 0.209. The second kappa shape index (κ2) is 11.2. The lowest BCUT2D eigenvalue weighted by Crippen LogP contribution is -2.15. The standard InChI is InChI=1S/C15H25NO6/c1-13-15(18)14(17)3-4-16(13)5-6-20-9-10-22-12-11-21-8-7-19-2/h3-4,18H,5-12H2,1-2H3. The number of methoxy groups -OCH3 is 1. The van der Waals surface area contributed by atoms with Gasteiger partial charge in [0, 0.05) is 25.9 Å². The Hall–Kier alpha value is -1.41. The summed E-state index contributed by atoms with van der Waals surface area (Å²) in [5.41, 5.74) is 0.177. The van der Waals surface area contributed by atoms with E-state index in [0.29, 0.717) is 58.5 Å². The van der Waals surface area contributed by atoms with Gasteiger partial charge < -0.3 is 28.6 Å². The SMILES string of the molecule is COCCOCCOCCOCCn1ccc(=O)c(O)c1C. The predicted octanol–water partition coefficient (Wildman–Crippen LogP) is 0.559. The molecule has 0 atom stereocenters. The van der Waals surface area contributed by atoms with Gasteiger partial charge in [-0.1, -0.05) is 0 Å². The van der Waals surface area contributed by atoms with Gasteiger partial charge in [-0.2, -0.15) is 0 Å². The molecule has 0 saturated heterocycles. The summed E-state index contributed by atoms with van der Waals surface area (Å²) >= 11 is 0. The molecule has 1 aromatic heterocycles. The average Bonchev–Trinajstić information content (AvgIpc) is 2.52. The van der Waals surface area contributed by atoms with E-state index in [9.17, 15) is 9.90 Å². The Labute approximate surface area is 130 Å². The summed E-state index contributed by atoms with van der Waals surface area (Å²) in [6, 6.07) is 1.34. The van der Waals surface area contributed by atoms with Crippen LogP contribution in [0.5, 0.6) is 5.75 Å². The first-order valence-electron chi connectivity index (χ1n) is 7.28. The van der Waals surface area contributed by atoms with E-state index in [1.165, 1.54) is 6.07 Å². The van der Waals surface area contributed by atoms with Crippen molar-refractivity contribution in [2.24, 2.45) is 0 Å². The zero-order valence-corrected chi connectivity index (χ0v) is 13.2. The molecule has 0 spiro atoms. The highest BCUT2D eigenvalue weighted by molar-refractivity contribution is 5.25. The smallest absolute Gasteiger partial charge is 0.223 e.